The Morgan fingerprint density at radius 3 is 1.83 bits per heavy atom. The highest BCUT2D eigenvalue weighted by Crippen LogP contribution is 1.77. The van der Waals surface area contributed by atoms with Crippen LogP contribution in [0.15, 0.2) is 12.7 Å². The molecule has 1 rings (SSSR count). The second-order valence-corrected chi connectivity index (χ2v) is 2.54. The van der Waals surface area contributed by atoms with Crippen LogP contribution in [-0.4, -0.2) is 27.9 Å². The Labute approximate surface area is 68.5 Å². The lowest BCUT2D eigenvalue weighted by atomic mass is 11.0. The average Bonchev–Trinajstić information content (AvgIpc) is 1.85. The van der Waals surface area contributed by atoms with Crippen molar-refractivity contribution in [1.82, 2.24) is 15.0 Å². The van der Waals surface area contributed by atoms with Gasteiger partial charge in [-0.3, -0.25) is 4.55 Å². The van der Waals surface area contributed by atoms with Crippen LogP contribution < -0.4 is 10.9 Å². The van der Waals surface area contributed by atoms with Crippen molar-refractivity contribution in [2.24, 2.45) is 5.14 Å². The summed E-state index contributed by atoms with van der Waals surface area (Å²) < 4.78 is 25.2. The fourth-order valence-electron chi connectivity index (χ4n) is 0.248. The number of nitrogens with zero attached hydrogens (tertiary/aromatic N) is 3. The molecule has 0 fully saturated rings. The van der Waals surface area contributed by atoms with Crippen molar-refractivity contribution in [2.45, 2.75) is 0 Å². The first-order valence-electron chi connectivity index (χ1n) is 2.52. The number of aromatic nitrogens is 3. The third-order valence-corrected chi connectivity index (χ3v) is 0.513. The maximum Gasteiger partial charge on any atom is 0.330 e. The highest BCUT2D eigenvalue weighted by Gasteiger charge is 1.81. The summed E-state index contributed by atoms with van der Waals surface area (Å²) in [6.07, 6.45) is 2.70. The van der Waals surface area contributed by atoms with E-state index in [4.69, 9.17) is 18.7 Å². The second-order valence-electron chi connectivity index (χ2n) is 1.51. The van der Waals surface area contributed by atoms with Crippen LogP contribution in [-0.2, 0) is 10.3 Å². The van der Waals surface area contributed by atoms with Gasteiger partial charge in [0, 0.05) is 0 Å². The van der Waals surface area contributed by atoms with Crippen LogP contribution in [0, 0.1) is 0 Å². The normalized spacial score (nSPS) is 9.83. The predicted octanol–water partition coefficient (Wildman–Crippen LogP) is -1.80. The van der Waals surface area contributed by atoms with E-state index in [2.05, 4.69) is 20.1 Å². The van der Waals surface area contributed by atoms with Crippen molar-refractivity contribution in [2.75, 3.05) is 5.73 Å². The molecule has 0 spiro atoms. The van der Waals surface area contributed by atoms with E-state index in [9.17, 15) is 0 Å². The summed E-state index contributed by atoms with van der Waals surface area (Å²) in [5.74, 6) is 0.259. The molecular weight excluding hydrogens is 186 g/mol. The average molecular weight is 193 g/mol. The Morgan fingerprint density at radius 2 is 1.67 bits per heavy atom. The van der Waals surface area contributed by atoms with E-state index >= 15 is 0 Å². The van der Waals surface area contributed by atoms with Gasteiger partial charge in [0.15, 0.2) is 0 Å². The number of rotatable bonds is 0. The maximum atomic E-state index is 8.97. The van der Waals surface area contributed by atoms with Crippen LogP contribution in [0.4, 0.5) is 5.95 Å². The maximum absolute atomic E-state index is 8.97. The topological polar surface area (TPSA) is 145 Å². The number of nitrogen functional groups attached to an aromatic ring is 1. The van der Waals surface area contributed by atoms with Crippen LogP contribution in [0.5, 0.6) is 0 Å². The molecule has 0 aliphatic heterocycles. The van der Waals surface area contributed by atoms with Gasteiger partial charge < -0.3 is 5.73 Å². The van der Waals surface area contributed by atoms with Crippen molar-refractivity contribution in [1.29, 1.82) is 0 Å². The Bertz CT molecular complexity index is 302. The molecule has 12 heavy (non-hydrogen) atoms. The molecule has 0 radical (unpaired) electrons. The summed E-state index contributed by atoms with van der Waals surface area (Å²) in [5.41, 5.74) is 5.10. The van der Waals surface area contributed by atoms with Gasteiger partial charge in [-0.15, -0.1) is 0 Å². The molecule has 68 valence electrons. The lowest BCUT2D eigenvalue weighted by Gasteiger charge is -1.81. The van der Waals surface area contributed by atoms with Crippen LogP contribution >= 0.6 is 0 Å². The summed E-state index contributed by atoms with van der Waals surface area (Å²) >= 11 is 0. The molecule has 0 aliphatic carbocycles. The lowest BCUT2D eigenvalue weighted by Crippen LogP contribution is -2.08. The fourth-order valence-corrected chi connectivity index (χ4v) is 0.248. The number of nitrogens with two attached hydrogens (primary N) is 2. The van der Waals surface area contributed by atoms with Gasteiger partial charge in [0.25, 0.3) is 0 Å². The molecule has 0 atom stereocenters. The minimum atomic E-state index is -4.17. The molecule has 0 unspecified atom stereocenters. The minimum absolute atomic E-state index is 0.259. The van der Waals surface area contributed by atoms with Crippen molar-refractivity contribution in [3.8, 4) is 0 Å². The van der Waals surface area contributed by atoms with E-state index in [1.807, 2.05) is 0 Å². The van der Waals surface area contributed by atoms with Crippen molar-refractivity contribution < 1.29 is 13.0 Å². The highest BCUT2D eigenvalue weighted by molar-refractivity contribution is 7.83. The zero-order chi connectivity index (χ0) is 9.61. The van der Waals surface area contributed by atoms with E-state index in [1.54, 1.807) is 0 Å². The van der Waals surface area contributed by atoms with Gasteiger partial charge in [-0.05, 0) is 0 Å². The quantitative estimate of drug-likeness (QED) is 0.412. The fraction of sp³-hybridized carbons (Fsp3) is 0. The third kappa shape index (κ3) is 11.5. The van der Waals surface area contributed by atoms with Crippen LogP contribution in [0.1, 0.15) is 0 Å². The molecule has 1 aromatic rings. The molecule has 1 heterocycles. The number of hydrogen-bond acceptors (Lipinski definition) is 6. The number of anilines is 1. The molecular formula is C3H7N5O3S. The Hall–Kier alpha value is -1.32. The third-order valence-electron chi connectivity index (χ3n) is 0.513. The molecule has 0 aromatic carbocycles. The van der Waals surface area contributed by atoms with E-state index in [0.29, 0.717) is 0 Å². The summed E-state index contributed by atoms with van der Waals surface area (Å²) in [6.45, 7) is 0. The van der Waals surface area contributed by atoms with Crippen molar-refractivity contribution in [3.63, 3.8) is 0 Å². The van der Waals surface area contributed by atoms with Gasteiger partial charge in [0.1, 0.15) is 12.7 Å². The molecule has 0 bridgehead atoms. The molecule has 0 aliphatic rings. The SMILES string of the molecule is NS(=O)(=O)O.Nc1ncncn1. The van der Waals surface area contributed by atoms with Gasteiger partial charge in [-0.1, -0.05) is 0 Å². The van der Waals surface area contributed by atoms with Crippen molar-refractivity contribution in [3.05, 3.63) is 12.7 Å². The van der Waals surface area contributed by atoms with Gasteiger partial charge in [0.2, 0.25) is 5.95 Å². The van der Waals surface area contributed by atoms with Gasteiger partial charge >= 0.3 is 10.3 Å². The Balaban J connectivity index is 0.000000217. The number of hydrogen-bond donors (Lipinski definition) is 3. The first-order chi connectivity index (χ1) is 5.39. The molecule has 8 nitrogen and oxygen atoms in total. The molecule has 5 N–H and O–H groups in total. The predicted molar refractivity (Wildman–Crippen MR) is 40.0 cm³/mol. The monoisotopic (exact) mass is 193 g/mol. The van der Waals surface area contributed by atoms with Gasteiger partial charge in [-0.2, -0.15) is 8.42 Å². The molecule has 0 saturated carbocycles. The smallest absolute Gasteiger partial charge is 0.330 e. The van der Waals surface area contributed by atoms with Crippen molar-refractivity contribution >= 4 is 16.3 Å². The second kappa shape index (κ2) is 4.54. The van der Waals surface area contributed by atoms with Crippen LogP contribution in [0.2, 0.25) is 0 Å². The van der Waals surface area contributed by atoms with E-state index < -0.39 is 10.3 Å². The molecule has 9 heteroatoms. The largest absolute Gasteiger partial charge is 0.368 e. The molecule has 1 aromatic heterocycles. The Morgan fingerprint density at radius 1 is 1.33 bits per heavy atom. The van der Waals surface area contributed by atoms with Crippen LogP contribution in [0.25, 0.3) is 0 Å². The summed E-state index contributed by atoms with van der Waals surface area (Å²) in [6, 6.07) is 0. The first kappa shape index (κ1) is 10.7. The van der Waals surface area contributed by atoms with E-state index in [0.717, 1.165) is 0 Å². The summed E-state index contributed by atoms with van der Waals surface area (Å²) in [5, 5.41) is 3.88. The molecule has 0 amide bonds. The lowest BCUT2D eigenvalue weighted by molar-refractivity contribution is 0.485. The Kier molecular flexibility index (Phi) is 4.04. The summed E-state index contributed by atoms with van der Waals surface area (Å²) in [4.78, 5) is 10.6. The van der Waals surface area contributed by atoms with Gasteiger partial charge in [-0.25, -0.2) is 20.1 Å². The highest BCUT2D eigenvalue weighted by atomic mass is 32.2. The van der Waals surface area contributed by atoms with E-state index in [1.165, 1.54) is 12.7 Å². The molecule has 0 saturated heterocycles. The van der Waals surface area contributed by atoms with E-state index in [-0.39, 0.29) is 5.95 Å². The standard InChI is InChI=1S/C3H4N4.H3NO3S/c4-3-6-1-5-2-7-3;1-5(2,3)4/h1-2H,(H2,4,5,6,7);(H3,1,2,3,4). The zero-order valence-electron chi connectivity index (χ0n) is 5.82. The first-order valence-corrected chi connectivity index (χ1v) is 4.02. The van der Waals surface area contributed by atoms with Crippen LogP contribution in [0.3, 0.4) is 0 Å². The minimum Gasteiger partial charge on any atom is -0.368 e. The zero-order valence-corrected chi connectivity index (χ0v) is 6.64. The summed E-state index contributed by atoms with van der Waals surface area (Å²) in [7, 11) is -4.17. The van der Waals surface area contributed by atoms with Gasteiger partial charge in [0.05, 0.1) is 0 Å².